The van der Waals surface area contributed by atoms with Gasteiger partial charge in [0.1, 0.15) is 17.0 Å². The zero-order chi connectivity index (χ0) is 21.9. The number of hydrogen-bond acceptors (Lipinski definition) is 2. The first kappa shape index (κ1) is 23.7. The maximum atomic E-state index is 13.1. The van der Waals surface area contributed by atoms with Gasteiger partial charge >= 0.3 is 0 Å². The van der Waals surface area contributed by atoms with Crippen LogP contribution in [0.5, 0.6) is 11.5 Å². The summed E-state index contributed by atoms with van der Waals surface area (Å²) in [6, 6.07) is 8.11. The van der Waals surface area contributed by atoms with E-state index in [9.17, 15) is 22.0 Å². The van der Waals surface area contributed by atoms with E-state index in [2.05, 4.69) is 23.8 Å². The van der Waals surface area contributed by atoms with Crippen molar-refractivity contribution in [3.05, 3.63) is 58.9 Å². The van der Waals surface area contributed by atoms with Gasteiger partial charge in [-0.15, -0.1) is 0 Å². The molecule has 2 aromatic rings. The summed E-state index contributed by atoms with van der Waals surface area (Å²) in [5.41, 5.74) is 0.0875. The lowest BCUT2D eigenvalue weighted by Gasteiger charge is -2.22. The number of rotatable bonds is 2. The second-order valence-corrected chi connectivity index (χ2v) is 8.14. The van der Waals surface area contributed by atoms with Crippen LogP contribution in [0, 0.1) is 36.0 Å². The number of halogens is 5. The second-order valence-electron chi connectivity index (χ2n) is 8.14. The first-order valence-electron chi connectivity index (χ1n) is 8.58. The topological polar surface area (TPSA) is 18.5 Å². The smallest absolute Gasteiger partial charge is 0.207 e. The molecule has 2 rings (SSSR count). The highest BCUT2D eigenvalue weighted by Crippen LogP contribution is 2.31. The molecule has 0 heterocycles. The Morgan fingerprint density at radius 1 is 0.571 bits per heavy atom. The molecule has 0 amide bonds. The Labute approximate surface area is 162 Å². The van der Waals surface area contributed by atoms with Gasteiger partial charge in [-0.1, -0.05) is 17.7 Å². The number of aryl methyl sites for hydroxylation is 1. The third-order valence-electron chi connectivity index (χ3n) is 3.02. The third-order valence-corrected chi connectivity index (χ3v) is 3.02. The summed E-state index contributed by atoms with van der Waals surface area (Å²) in [5, 5.41) is 0. The lowest BCUT2D eigenvalue weighted by atomic mass is 10.2. The van der Waals surface area contributed by atoms with Gasteiger partial charge in [-0.2, -0.15) is 8.78 Å². The minimum Gasteiger partial charge on any atom is -0.488 e. The molecular weight excluding hydrogens is 379 g/mol. The molecule has 7 heteroatoms. The molecule has 28 heavy (non-hydrogen) atoms. The first-order valence-corrected chi connectivity index (χ1v) is 8.58. The summed E-state index contributed by atoms with van der Waals surface area (Å²) in [7, 11) is 0. The van der Waals surface area contributed by atoms with Gasteiger partial charge in [0.15, 0.2) is 5.75 Å². The van der Waals surface area contributed by atoms with Gasteiger partial charge in [-0.25, -0.2) is 13.2 Å². The fourth-order valence-electron chi connectivity index (χ4n) is 1.94. The van der Waals surface area contributed by atoms with Gasteiger partial charge in [0.05, 0.1) is 0 Å². The van der Waals surface area contributed by atoms with Gasteiger partial charge < -0.3 is 9.47 Å². The van der Waals surface area contributed by atoms with Crippen LogP contribution in [0.2, 0.25) is 0 Å². The summed E-state index contributed by atoms with van der Waals surface area (Å²) in [4.78, 5) is 0. The Morgan fingerprint density at radius 2 is 0.929 bits per heavy atom. The Balaban J connectivity index is 0.000000292. The van der Waals surface area contributed by atoms with E-state index in [1.54, 1.807) is 0 Å². The highest BCUT2D eigenvalue weighted by atomic mass is 19.2. The maximum Gasteiger partial charge on any atom is 0.207 e. The quantitative estimate of drug-likeness (QED) is 0.314. The highest BCUT2D eigenvalue weighted by Gasteiger charge is 2.29. The van der Waals surface area contributed by atoms with Gasteiger partial charge in [0.25, 0.3) is 0 Å². The Morgan fingerprint density at radius 3 is 1.29 bits per heavy atom. The second kappa shape index (κ2) is 8.80. The Kier molecular flexibility index (Phi) is 7.45. The fourth-order valence-corrected chi connectivity index (χ4v) is 1.94. The van der Waals surface area contributed by atoms with E-state index in [1.807, 2.05) is 32.9 Å². The van der Waals surface area contributed by atoms with Crippen LogP contribution in [0.3, 0.4) is 0 Å². The lowest BCUT2D eigenvalue weighted by molar-refractivity contribution is 0.113. The molecule has 2 nitrogen and oxygen atoms in total. The highest BCUT2D eigenvalue weighted by molar-refractivity contribution is 5.30. The zero-order valence-corrected chi connectivity index (χ0v) is 17.0. The van der Waals surface area contributed by atoms with Gasteiger partial charge in [0, 0.05) is 0 Å². The Hall–Kier alpha value is -2.31. The average molecular weight is 404 g/mol. The van der Waals surface area contributed by atoms with Crippen molar-refractivity contribution in [3.8, 4) is 11.5 Å². The van der Waals surface area contributed by atoms with E-state index < -0.39 is 40.4 Å². The largest absolute Gasteiger partial charge is 0.488 e. The fraction of sp³-hybridized carbons (Fsp3) is 0.429. The summed E-state index contributed by atoms with van der Waals surface area (Å²) in [5.74, 6) is -10.5. The van der Waals surface area contributed by atoms with Crippen molar-refractivity contribution < 1.29 is 31.4 Å². The van der Waals surface area contributed by atoms with Crippen molar-refractivity contribution in [2.75, 3.05) is 0 Å². The molecular formula is C21H25F5O2. The van der Waals surface area contributed by atoms with Gasteiger partial charge in [-0.05, 0) is 60.6 Å². The minimum atomic E-state index is -2.20. The van der Waals surface area contributed by atoms with Crippen molar-refractivity contribution in [1.29, 1.82) is 0 Å². The molecule has 0 spiro atoms. The molecule has 2 aromatic carbocycles. The van der Waals surface area contributed by atoms with E-state index in [-0.39, 0.29) is 5.60 Å². The maximum absolute atomic E-state index is 13.1. The summed E-state index contributed by atoms with van der Waals surface area (Å²) >= 11 is 0. The summed E-state index contributed by atoms with van der Waals surface area (Å²) in [6.45, 7) is 12.5. The monoisotopic (exact) mass is 404 g/mol. The molecule has 156 valence electrons. The van der Waals surface area contributed by atoms with Gasteiger partial charge in [-0.3, -0.25) is 0 Å². The van der Waals surface area contributed by atoms with E-state index in [4.69, 9.17) is 4.74 Å². The number of benzene rings is 2. The molecule has 0 fully saturated rings. The SMILES string of the molecule is CC(C)(C)Oc1c(F)c(F)c(F)c(F)c1F.Cc1ccc(OC(C)(C)C)cc1. The molecule has 0 saturated carbocycles. The van der Waals surface area contributed by atoms with Crippen LogP contribution in [0.25, 0.3) is 0 Å². The molecule has 0 aromatic heterocycles. The predicted octanol–water partition coefficient (Wildman–Crippen LogP) is 6.73. The minimum absolute atomic E-state index is 0.102. The van der Waals surface area contributed by atoms with Crippen LogP contribution in [-0.2, 0) is 0 Å². The van der Waals surface area contributed by atoms with Crippen molar-refractivity contribution in [2.24, 2.45) is 0 Å². The average Bonchev–Trinajstić information content (AvgIpc) is 2.56. The van der Waals surface area contributed by atoms with Crippen molar-refractivity contribution >= 4 is 0 Å². The summed E-state index contributed by atoms with van der Waals surface area (Å²) in [6.07, 6.45) is 0. The zero-order valence-electron chi connectivity index (χ0n) is 17.0. The van der Waals surface area contributed by atoms with Crippen LogP contribution in [0.15, 0.2) is 24.3 Å². The molecule has 0 aliphatic rings. The third kappa shape index (κ3) is 7.02. The molecule has 0 aliphatic carbocycles. The van der Waals surface area contributed by atoms with Crippen LogP contribution < -0.4 is 9.47 Å². The predicted molar refractivity (Wildman–Crippen MR) is 98.2 cm³/mol. The summed E-state index contributed by atoms with van der Waals surface area (Å²) < 4.78 is 74.6. The van der Waals surface area contributed by atoms with E-state index in [1.165, 1.54) is 26.3 Å². The molecule has 0 unspecified atom stereocenters. The molecule has 0 N–H and O–H groups in total. The number of hydrogen-bond donors (Lipinski definition) is 0. The number of ether oxygens (including phenoxy) is 2. The van der Waals surface area contributed by atoms with Crippen molar-refractivity contribution in [1.82, 2.24) is 0 Å². The molecule has 0 bridgehead atoms. The van der Waals surface area contributed by atoms with Crippen LogP contribution in [0.1, 0.15) is 47.1 Å². The van der Waals surface area contributed by atoms with E-state index >= 15 is 0 Å². The van der Waals surface area contributed by atoms with Gasteiger partial charge in [0.2, 0.25) is 29.1 Å². The Bertz CT molecular complexity index is 775. The lowest BCUT2D eigenvalue weighted by Crippen LogP contribution is -2.25. The normalized spacial score (nSPS) is 11.6. The van der Waals surface area contributed by atoms with Crippen molar-refractivity contribution in [2.45, 2.75) is 59.7 Å². The van der Waals surface area contributed by atoms with Crippen LogP contribution in [-0.4, -0.2) is 11.2 Å². The molecule has 0 atom stereocenters. The van der Waals surface area contributed by atoms with Crippen molar-refractivity contribution in [3.63, 3.8) is 0 Å². The standard InChI is InChI=1S/C11H16O.C10H9F5O/c1-9-5-7-10(8-6-9)12-11(2,3)4;1-10(2,3)16-9-7(14)5(12)4(11)6(13)8(9)15/h5-8H,1-4H3;1-3H3. The molecule has 0 radical (unpaired) electrons. The van der Waals surface area contributed by atoms with E-state index in [0.717, 1.165) is 5.75 Å². The molecule has 0 saturated heterocycles. The van der Waals surface area contributed by atoms with Crippen LogP contribution >= 0.6 is 0 Å². The van der Waals surface area contributed by atoms with E-state index in [0.29, 0.717) is 0 Å². The first-order chi connectivity index (χ1) is 12.6. The molecule has 0 aliphatic heterocycles. The van der Waals surface area contributed by atoms with Crippen LogP contribution in [0.4, 0.5) is 22.0 Å².